The van der Waals surface area contributed by atoms with Crippen LogP contribution in [0.1, 0.15) is 41.0 Å². The zero-order chi connectivity index (χ0) is 18.9. The number of rotatable bonds is 7. The van der Waals surface area contributed by atoms with Gasteiger partial charge in [0.05, 0.1) is 21.9 Å². The maximum Gasteiger partial charge on any atom is 0.307 e. The molecule has 9 heteroatoms. The van der Waals surface area contributed by atoms with Crippen LogP contribution in [0.3, 0.4) is 0 Å². The Morgan fingerprint density at radius 3 is 2.36 bits per heavy atom. The summed E-state index contributed by atoms with van der Waals surface area (Å²) in [5.41, 5.74) is 0.169. The first-order valence-electron chi connectivity index (χ1n) is 7.73. The molecule has 0 spiro atoms. The summed E-state index contributed by atoms with van der Waals surface area (Å²) in [4.78, 5) is 35.8. The first-order chi connectivity index (χ1) is 11.5. The largest absolute Gasteiger partial charge is 0.481 e. The standard InChI is InChI=1S/C16H20N2O6S/c1-9(2)6-10(16(21)22)8-17-25(23,24)11-4-5-12-13(7-11)15(20)18(3)14(12)19/h4-5,7,9-10,17H,6,8H2,1-3H3,(H,21,22). The molecule has 1 aliphatic rings. The van der Waals surface area contributed by atoms with Crippen LogP contribution in [0.5, 0.6) is 0 Å². The maximum absolute atomic E-state index is 12.4. The zero-order valence-electron chi connectivity index (χ0n) is 14.1. The highest BCUT2D eigenvalue weighted by Gasteiger charge is 2.34. The number of benzene rings is 1. The minimum absolute atomic E-state index is 0.0207. The molecule has 1 aromatic rings. The van der Waals surface area contributed by atoms with Crippen LogP contribution in [0.2, 0.25) is 0 Å². The second-order valence-corrected chi connectivity index (χ2v) is 8.16. The van der Waals surface area contributed by atoms with Crippen molar-refractivity contribution in [1.82, 2.24) is 9.62 Å². The number of nitrogens with zero attached hydrogens (tertiary/aromatic N) is 1. The Morgan fingerprint density at radius 2 is 1.80 bits per heavy atom. The Morgan fingerprint density at radius 1 is 1.20 bits per heavy atom. The van der Waals surface area contributed by atoms with Crippen molar-refractivity contribution in [3.8, 4) is 0 Å². The predicted molar refractivity (Wildman–Crippen MR) is 88.6 cm³/mol. The molecular weight excluding hydrogens is 348 g/mol. The molecule has 1 aromatic carbocycles. The van der Waals surface area contributed by atoms with E-state index in [1.807, 2.05) is 13.8 Å². The molecule has 136 valence electrons. The quantitative estimate of drug-likeness (QED) is 0.691. The van der Waals surface area contributed by atoms with Crippen LogP contribution in [0.15, 0.2) is 23.1 Å². The molecule has 0 bridgehead atoms. The molecule has 1 atom stereocenters. The fraction of sp³-hybridized carbons (Fsp3) is 0.438. The van der Waals surface area contributed by atoms with Gasteiger partial charge < -0.3 is 5.11 Å². The van der Waals surface area contributed by atoms with Crippen molar-refractivity contribution in [2.24, 2.45) is 11.8 Å². The fourth-order valence-electron chi connectivity index (χ4n) is 2.64. The molecule has 0 saturated carbocycles. The SMILES string of the molecule is CC(C)CC(CNS(=O)(=O)c1ccc2c(c1)C(=O)N(C)C2=O)C(=O)O. The van der Waals surface area contributed by atoms with Crippen LogP contribution >= 0.6 is 0 Å². The first-order valence-corrected chi connectivity index (χ1v) is 9.21. The second kappa shape index (κ2) is 6.93. The van der Waals surface area contributed by atoms with Gasteiger partial charge in [-0.15, -0.1) is 0 Å². The van der Waals surface area contributed by atoms with Gasteiger partial charge >= 0.3 is 5.97 Å². The summed E-state index contributed by atoms with van der Waals surface area (Å²) >= 11 is 0. The monoisotopic (exact) mass is 368 g/mol. The van der Waals surface area contributed by atoms with Gasteiger partial charge in [0.15, 0.2) is 0 Å². The molecule has 2 N–H and O–H groups in total. The summed E-state index contributed by atoms with van der Waals surface area (Å²) in [7, 11) is -2.68. The fourth-order valence-corrected chi connectivity index (χ4v) is 3.75. The van der Waals surface area contributed by atoms with E-state index < -0.39 is 33.7 Å². The van der Waals surface area contributed by atoms with Crippen LogP contribution in [0, 0.1) is 11.8 Å². The number of carboxylic acid groups (broad SMARTS) is 1. The smallest absolute Gasteiger partial charge is 0.307 e. The number of carbonyl (C=O) groups is 3. The molecule has 0 radical (unpaired) electrons. The van der Waals surface area contributed by atoms with Gasteiger partial charge in [0, 0.05) is 13.6 Å². The van der Waals surface area contributed by atoms with E-state index in [4.69, 9.17) is 0 Å². The molecule has 2 amide bonds. The molecule has 25 heavy (non-hydrogen) atoms. The molecule has 2 rings (SSSR count). The van der Waals surface area contributed by atoms with E-state index in [1.165, 1.54) is 19.2 Å². The van der Waals surface area contributed by atoms with Crippen molar-refractivity contribution in [1.29, 1.82) is 0 Å². The highest BCUT2D eigenvalue weighted by atomic mass is 32.2. The lowest BCUT2D eigenvalue weighted by Gasteiger charge is -2.15. The topological polar surface area (TPSA) is 121 Å². The zero-order valence-corrected chi connectivity index (χ0v) is 15.0. The second-order valence-electron chi connectivity index (χ2n) is 6.39. The molecule has 1 unspecified atom stereocenters. The molecule has 0 aromatic heterocycles. The van der Waals surface area contributed by atoms with Gasteiger partial charge in [0.2, 0.25) is 10.0 Å². The van der Waals surface area contributed by atoms with E-state index in [2.05, 4.69) is 4.72 Å². The number of hydrogen-bond donors (Lipinski definition) is 2. The van der Waals surface area contributed by atoms with Gasteiger partial charge in [-0.05, 0) is 30.5 Å². The average molecular weight is 368 g/mol. The van der Waals surface area contributed by atoms with Crippen molar-refractivity contribution in [2.75, 3.05) is 13.6 Å². The van der Waals surface area contributed by atoms with E-state index in [0.717, 1.165) is 11.0 Å². The normalized spacial score (nSPS) is 15.6. The van der Waals surface area contributed by atoms with Crippen LogP contribution in [-0.4, -0.2) is 49.8 Å². The Bertz CT molecular complexity index is 831. The number of fused-ring (bicyclic) bond motifs is 1. The average Bonchev–Trinajstić information content (AvgIpc) is 2.75. The van der Waals surface area contributed by atoms with Crippen molar-refractivity contribution in [3.63, 3.8) is 0 Å². The number of hydrogen-bond acceptors (Lipinski definition) is 5. The summed E-state index contributed by atoms with van der Waals surface area (Å²) < 4.78 is 27.1. The predicted octanol–water partition coefficient (Wildman–Crippen LogP) is 0.938. The van der Waals surface area contributed by atoms with E-state index in [1.54, 1.807) is 0 Å². The van der Waals surface area contributed by atoms with E-state index in [-0.39, 0.29) is 28.5 Å². The van der Waals surface area contributed by atoms with E-state index in [9.17, 15) is 27.9 Å². The van der Waals surface area contributed by atoms with Crippen molar-refractivity contribution >= 4 is 27.8 Å². The first kappa shape index (κ1) is 19.1. The van der Waals surface area contributed by atoms with Crippen molar-refractivity contribution in [3.05, 3.63) is 29.3 Å². The number of imide groups is 1. The van der Waals surface area contributed by atoms with Crippen molar-refractivity contribution in [2.45, 2.75) is 25.2 Å². The summed E-state index contributed by atoms with van der Waals surface area (Å²) in [5.74, 6) is -2.88. The Hall–Kier alpha value is -2.26. The molecule has 0 fully saturated rings. The third-order valence-corrected chi connectivity index (χ3v) is 5.42. The third-order valence-electron chi connectivity index (χ3n) is 4.00. The minimum Gasteiger partial charge on any atom is -0.481 e. The molecule has 0 saturated heterocycles. The number of amides is 2. The number of aliphatic carboxylic acids is 1. The Labute approximate surface area is 145 Å². The van der Waals surface area contributed by atoms with Crippen LogP contribution in [0.25, 0.3) is 0 Å². The summed E-state index contributed by atoms with van der Waals surface area (Å²) in [5, 5.41) is 9.19. The number of sulfonamides is 1. The van der Waals surface area contributed by atoms with Gasteiger partial charge in [-0.1, -0.05) is 13.8 Å². The highest BCUT2D eigenvalue weighted by molar-refractivity contribution is 7.89. The molecule has 1 aliphatic heterocycles. The number of nitrogens with one attached hydrogen (secondary N) is 1. The van der Waals surface area contributed by atoms with E-state index >= 15 is 0 Å². The maximum atomic E-state index is 12.4. The van der Waals surface area contributed by atoms with Crippen LogP contribution in [-0.2, 0) is 14.8 Å². The summed E-state index contributed by atoms with van der Waals surface area (Å²) in [6.07, 6.45) is 0.333. The van der Waals surface area contributed by atoms with Gasteiger partial charge in [-0.2, -0.15) is 0 Å². The molecule has 8 nitrogen and oxygen atoms in total. The summed E-state index contributed by atoms with van der Waals surface area (Å²) in [6, 6.07) is 3.65. The number of carbonyl (C=O) groups excluding carboxylic acids is 2. The minimum atomic E-state index is -4.00. The Balaban J connectivity index is 2.22. The van der Waals surface area contributed by atoms with E-state index in [0.29, 0.717) is 6.42 Å². The highest BCUT2D eigenvalue weighted by Crippen LogP contribution is 2.24. The Kier molecular flexibility index (Phi) is 5.28. The molecular formula is C16H20N2O6S. The lowest BCUT2D eigenvalue weighted by molar-refractivity contribution is -0.142. The lowest BCUT2D eigenvalue weighted by Crippen LogP contribution is -2.33. The molecule has 1 heterocycles. The third kappa shape index (κ3) is 3.88. The van der Waals surface area contributed by atoms with Gasteiger partial charge in [-0.25, -0.2) is 13.1 Å². The van der Waals surface area contributed by atoms with Gasteiger partial charge in [-0.3, -0.25) is 19.3 Å². The van der Waals surface area contributed by atoms with Gasteiger partial charge in [0.25, 0.3) is 11.8 Å². The molecule has 0 aliphatic carbocycles. The lowest BCUT2D eigenvalue weighted by atomic mass is 9.98. The van der Waals surface area contributed by atoms with Gasteiger partial charge in [0.1, 0.15) is 0 Å². The summed E-state index contributed by atoms with van der Waals surface area (Å²) in [6.45, 7) is 3.45. The van der Waals surface area contributed by atoms with Crippen LogP contribution in [0.4, 0.5) is 0 Å². The van der Waals surface area contributed by atoms with Crippen LogP contribution < -0.4 is 4.72 Å². The van der Waals surface area contributed by atoms with Crippen molar-refractivity contribution < 1.29 is 27.9 Å². The number of carboxylic acids is 1.